The van der Waals surface area contributed by atoms with Gasteiger partial charge in [0.15, 0.2) is 0 Å². The zero-order valence-electron chi connectivity index (χ0n) is 13.5. The second-order valence-corrected chi connectivity index (χ2v) is 6.06. The van der Waals surface area contributed by atoms with Gasteiger partial charge in [-0.1, -0.05) is 20.8 Å². The minimum Gasteiger partial charge on any atom is -0.462 e. The van der Waals surface area contributed by atoms with Crippen molar-refractivity contribution in [1.82, 2.24) is 0 Å². The third kappa shape index (κ3) is 4.30. The Labute approximate surface area is 130 Å². The lowest BCUT2D eigenvalue weighted by Crippen LogP contribution is -2.15. The molecular weight excluding hydrogens is 286 g/mol. The van der Waals surface area contributed by atoms with Crippen LogP contribution in [0.2, 0.25) is 0 Å². The fourth-order valence-electron chi connectivity index (χ4n) is 2.42. The summed E-state index contributed by atoms with van der Waals surface area (Å²) in [5, 5.41) is 3.41. The zero-order chi connectivity index (χ0) is 16.0. The van der Waals surface area contributed by atoms with Gasteiger partial charge in [0, 0.05) is 11.8 Å². The number of ether oxygens (including phenoxy) is 1. The number of nitrogens with one attached hydrogen (secondary N) is 1. The van der Waals surface area contributed by atoms with E-state index in [0.717, 1.165) is 24.8 Å². The van der Waals surface area contributed by atoms with Crippen LogP contribution in [-0.2, 0) is 22.4 Å². The number of carbonyl (C=O) groups is 2. The van der Waals surface area contributed by atoms with Gasteiger partial charge in [-0.15, -0.1) is 11.3 Å². The van der Waals surface area contributed by atoms with Crippen LogP contribution < -0.4 is 5.32 Å². The first-order chi connectivity index (χ1) is 10.0. The molecule has 1 aromatic heterocycles. The minimum atomic E-state index is -0.321. The molecule has 1 atom stereocenters. The highest BCUT2D eigenvalue weighted by Crippen LogP contribution is 2.39. The van der Waals surface area contributed by atoms with Gasteiger partial charge in [0.25, 0.3) is 0 Å². The van der Waals surface area contributed by atoms with Crippen LogP contribution in [0.1, 0.15) is 61.8 Å². The molecule has 4 nitrogen and oxygen atoms in total. The molecule has 0 fully saturated rings. The Morgan fingerprint density at radius 2 is 2.05 bits per heavy atom. The van der Waals surface area contributed by atoms with Crippen molar-refractivity contribution in [3.63, 3.8) is 0 Å². The number of amides is 1. The Balaban J connectivity index is 0.00000106. The monoisotopic (exact) mass is 311 g/mol. The molecule has 1 heterocycles. The lowest BCUT2D eigenvalue weighted by atomic mass is 9.88. The van der Waals surface area contributed by atoms with E-state index >= 15 is 0 Å². The highest BCUT2D eigenvalue weighted by atomic mass is 32.1. The average Bonchev–Trinajstić information content (AvgIpc) is 2.77. The smallest absolute Gasteiger partial charge is 0.341 e. The SMILES string of the molecule is CC.CCOC(=O)c1c(NC(C)=O)sc2c1CCC(C)C2. The molecule has 0 aromatic carbocycles. The van der Waals surface area contributed by atoms with E-state index in [1.165, 1.54) is 23.1 Å². The van der Waals surface area contributed by atoms with Crippen LogP contribution >= 0.6 is 11.3 Å². The van der Waals surface area contributed by atoms with Crippen LogP contribution in [0.15, 0.2) is 0 Å². The maximum absolute atomic E-state index is 12.1. The normalized spacial score (nSPS) is 16.3. The van der Waals surface area contributed by atoms with Crippen molar-refractivity contribution in [3.05, 3.63) is 16.0 Å². The molecular formula is C16H25NO3S. The first-order valence-corrected chi connectivity index (χ1v) is 8.43. The second-order valence-electron chi connectivity index (χ2n) is 4.96. The fourth-order valence-corrected chi connectivity index (χ4v) is 3.86. The molecule has 0 aliphatic heterocycles. The van der Waals surface area contributed by atoms with Crippen molar-refractivity contribution in [2.45, 2.75) is 53.9 Å². The van der Waals surface area contributed by atoms with Gasteiger partial charge in [-0.2, -0.15) is 0 Å². The molecule has 0 saturated heterocycles. The number of hydrogen-bond acceptors (Lipinski definition) is 4. The average molecular weight is 311 g/mol. The van der Waals surface area contributed by atoms with Crippen LogP contribution in [0, 0.1) is 5.92 Å². The van der Waals surface area contributed by atoms with Gasteiger partial charge in [-0.25, -0.2) is 4.79 Å². The molecule has 0 bridgehead atoms. The van der Waals surface area contributed by atoms with Crippen LogP contribution in [0.5, 0.6) is 0 Å². The van der Waals surface area contributed by atoms with Gasteiger partial charge < -0.3 is 10.1 Å². The number of anilines is 1. The quantitative estimate of drug-likeness (QED) is 0.857. The molecule has 1 unspecified atom stereocenters. The summed E-state index contributed by atoms with van der Waals surface area (Å²) in [6.07, 6.45) is 2.95. The van der Waals surface area contributed by atoms with E-state index in [0.29, 0.717) is 23.1 Å². The van der Waals surface area contributed by atoms with E-state index in [9.17, 15) is 9.59 Å². The van der Waals surface area contributed by atoms with Crippen LogP contribution in [0.3, 0.4) is 0 Å². The topological polar surface area (TPSA) is 55.4 Å². The molecule has 5 heteroatoms. The summed E-state index contributed by atoms with van der Waals surface area (Å²) in [7, 11) is 0. The Morgan fingerprint density at radius 3 is 2.62 bits per heavy atom. The van der Waals surface area contributed by atoms with E-state index in [1.807, 2.05) is 13.8 Å². The van der Waals surface area contributed by atoms with Crippen molar-refractivity contribution in [3.8, 4) is 0 Å². The maximum Gasteiger partial charge on any atom is 0.341 e. The van der Waals surface area contributed by atoms with Crippen molar-refractivity contribution < 1.29 is 14.3 Å². The van der Waals surface area contributed by atoms with Crippen molar-refractivity contribution >= 4 is 28.2 Å². The summed E-state index contributed by atoms with van der Waals surface area (Å²) in [6, 6.07) is 0. The maximum atomic E-state index is 12.1. The van der Waals surface area contributed by atoms with E-state index in [4.69, 9.17) is 4.74 Å². The second kappa shape index (κ2) is 8.17. The van der Waals surface area contributed by atoms with Gasteiger partial charge in [0.1, 0.15) is 5.00 Å². The van der Waals surface area contributed by atoms with E-state index in [-0.39, 0.29) is 11.9 Å². The Bertz CT molecular complexity index is 508. The van der Waals surface area contributed by atoms with Crippen LogP contribution in [0.4, 0.5) is 5.00 Å². The van der Waals surface area contributed by atoms with Crippen molar-refractivity contribution in [2.75, 3.05) is 11.9 Å². The lowest BCUT2D eigenvalue weighted by molar-refractivity contribution is -0.114. The molecule has 1 aliphatic carbocycles. The summed E-state index contributed by atoms with van der Waals surface area (Å²) >= 11 is 1.52. The first kappa shape index (κ1) is 17.7. The summed E-state index contributed by atoms with van der Waals surface area (Å²) < 4.78 is 5.12. The Hall–Kier alpha value is -1.36. The number of carbonyl (C=O) groups excluding carboxylic acids is 2. The molecule has 2 rings (SSSR count). The fraction of sp³-hybridized carbons (Fsp3) is 0.625. The van der Waals surface area contributed by atoms with Gasteiger partial charge in [-0.3, -0.25) is 4.79 Å². The summed E-state index contributed by atoms with van der Waals surface area (Å²) in [5.41, 5.74) is 1.65. The third-order valence-corrected chi connectivity index (χ3v) is 4.45. The summed E-state index contributed by atoms with van der Waals surface area (Å²) in [4.78, 5) is 24.6. The molecule has 0 radical (unpaired) electrons. The number of fused-ring (bicyclic) bond motifs is 1. The standard InChI is InChI=1S/C14H19NO3S.C2H6/c1-4-18-14(17)12-10-6-5-8(2)7-11(10)19-13(12)15-9(3)16;1-2/h8H,4-7H2,1-3H3,(H,15,16);1-2H3. The van der Waals surface area contributed by atoms with E-state index in [1.54, 1.807) is 6.92 Å². The van der Waals surface area contributed by atoms with E-state index < -0.39 is 0 Å². The Kier molecular flexibility index (Phi) is 6.89. The van der Waals surface area contributed by atoms with E-state index in [2.05, 4.69) is 12.2 Å². The highest BCUT2D eigenvalue weighted by Gasteiger charge is 2.28. The van der Waals surface area contributed by atoms with Crippen molar-refractivity contribution in [2.24, 2.45) is 5.92 Å². The molecule has 21 heavy (non-hydrogen) atoms. The van der Waals surface area contributed by atoms with Crippen molar-refractivity contribution in [1.29, 1.82) is 0 Å². The molecule has 118 valence electrons. The number of rotatable bonds is 3. The number of esters is 1. The number of hydrogen-bond donors (Lipinski definition) is 1. The highest BCUT2D eigenvalue weighted by molar-refractivity contribution is 7.17. The summed E-state index contributed by atoms with van der Waals surface area (Å²) in [6.45, 7) is 9.80. The molecule has 1 aliphatic rings. The van der Waals surface area contributed by atoms with Gasteiger partial charge in [0.05, 0.1) is 12.2 Å². The van der Waals surface area contributed by atoms with Crippen LogP contribution in [0.25, 0.3) is 0 Å². The molecule has 0 spiro atoms. The molecule has 0 saturated carbocycles. The summed E-state index contributed by atoms with van der Waals surface area (Å²) in [5.74, 6) is 0.155. The van der Waals surface area contributed by atoms with Gasteiger partial charge in [-0.05, 0) is 37.7 Å². The predicted octanol–water partition coefficient (Wildman–Crippen LogP) is 4.03. The molecule has 1 amide bonds. The van der Waals surface area contributed by atoms with Crippen LogP contribution in [-0.4, -0.2) is 18.5 Å². The third-order valence-electron chi connectivity index (χ3n) is 3.28. The first-order valence-electron chi connectivity index (χ1n) is 7.62. The van der Waals surface area contributed by atoms with Gasteiger partial charge >= 0.3 is 5.97 Å². The zero-order valence-corrected chi connectivity index (χ0v) is 14.4. The Morgan fingerprint density at radius 1 is 1.38 bits per heavy atom. The lowest BCUT2D eigenvalue weighted by Gasteiger charge is -2.18. The predicted molar refractivity (Wildman–Crippen MR) is 87.1 cm³/mol. The molecule has 1 N–H and O–H groups in total. The molecule has 1 aromatic rings. The minimum absolute atomic E-state index is 0.155. The van der Waals surface area contributed by atoms with Gasteiger partial charge in [0.2, 0.25) is 5.91 Å². The number of thiophene rings is 1. The largest absolute Gasteiger partial charge is 0.462 e.